The van der Waals surface area contributed by atoms with Crippen molar-refractivity contribution in [1.29, 1.82) is 0 Å². The fraction of sp³-hybridized carbons (Fsp3) is 0.500. The van der Waals surface area contributed by atoms with Gasteiger partial charge in [0.15, 0.2) is 0 Å². The number of fused-ring (bicyclic) bond motifs is 1. The highest BCUT2D eigenvalue weighted by molar-refractivity contribution is 7.91. The maximum Gasteiger partial charge on any atom is 0.340 e. The third-order valence-electron chi connectivity index (χ3n) is 5.73. The summed E-state index contributed by atoms with van der Waals surface area (Å²) < 4.78 is 32.9. The SMILES string of the molecule is CCN(CC)S(=O)(=O)c1sc2c(c1C(=O)OC)CCN(Cc1cc(C)c(O)c(C)c1)C2. The van der Waals surface area contributed by atoms with Crippen LogP contribution in [0.15, 0.2) is 16.3 Å². The van der Waals surface area contributed by atoms with Crippen LogP contribution < -0.4 is 0 Å². The number of sulfonamides is 1. The number of phenols is 1. The second kappa shape index (κ2) is 9.28. The third kappa shape index (κ3) is 4.50. The lowest BCUT2D eigenvalue weighted by Gasteiger charge is -2.27. The highest BCUT2D eigenvalue weighted by atomic mass is 32.2. The molecule has 0 atom stereocenters. The summed E-state index contributed by atoms with van der Waals surface area (Å²) in [6, 6.07) is 3.95. The molecule has 7 nitrogen and oxygen atoms in total. The Morgan fingerprint density at radius 2 is 1.84 bits per heavy atom. The van der Waals surface area contributed by atoms with Gasteiger partial charge in [-0.05, 0) is 42.5 Å². The minimum absolute atomic E-state index is 0.0891. The molecule has 0 bridgehead atoms. The van der Waals surface area contributed by atoms with E-state index in [1.807, 2.05) is 26.0 Å². The maximum absolute atomic E-state index is 13.2. The van der Waals surface area contributed by atoms with Gasteiger partial charge < -0.3 is 9.84 Å². The molecule has 0 aliphatic carbocycles. The average molecular weight is 467 g/mol. The highest BCUT2D eigenvalue weighted by Gasteiger charge is 2.36. The largest absolute Gasteiger partial charge is 0.507 e. The van der Waals surface area contributed by atoms with E-state index in [2.05, 4.69) is 4.90 Å². The Labute approximate surface area is 188 Å². The summed E-state index contributed by atoms with van der Waals surface area (Å²) in [5.74, 6) is -0.279. The second-order valence-electron chi connectivity index (χ2n) is 7.79. The van der Waals surface area contributed by atoms with Crippen molar-refractivity contribution in [2.45, 2.75) is 51.4 Å². The Kier molecular flexibility index (Phi) is 7.10. The van der Waals surface area contributed by atoms with Crippen molar-refractivity contribution >= 4 is 27.3 Å². The quantitative estimate of drug-likeness (QED) is 0.629. The monoisotopic (exact) mass is 466 g/mol. The van der Waals surface area contributed by atoms with E-state index in [0.29, 0.717) is 44.9 Å². The number of thiophene rings is 1. The summed E-state index contributed by atoms with van der Waals surface area (Å²) in [5.41, 5.74) is 3.76. The molecule has 1 aliphatic rings. The van der Waals surface area contributed by atoms with Crippen LogP contribution in [-0.4, -0.2) is 55.4 Å². The van der Waals surface area contributed by atoms with Crippen molar-refractivity contribution in [3.8, 4) is 5.75 Å². The minimum Gasteiger partial charge on any atom is -0.507 e. The standard InChI is InChI=1S/C22H30N2O5S2/c1-6-24(7-2)31(27,28)22-19(21(26)29-5)17-8-9-23(13-18(17)30-22)12-16-10-14(3)20(25)15(4)11-16/h10-11,25H,6-9,12-13H2,1-5H3. The molecule has 9 heteroatoms. The summed E-state index contributed by atoms with van der Waals surface area (Å²) in [6.45, 7) is 9.98. The number of ether oxygens (including phenoxy) is 1. The smallest absolute Gasteiger partial charge is 0.340 e. The second-order valence-corrected chi connectivity index (χ2v) is 11.0. The normalized spacial score (nSPS) is 14.6. The van der Waals surface area contributed by atoms with Crippen LogP contribution in [0.4, 0.5) is 0 Å². The lowest BCUT2D eigenvalue weighted by atomic mass is 10.0. The van der Waals surface area contributed by atoms with Crippen LogP contribution in [0, 0.1) is 13.8 Å². The summed E-state index contributed by atoms with van der Waals surface area (Å²) in [5, 5.41) is 10.0. The third-order valence-corrected chi connectivity index (χ3v) is 9.49. The van der Waals surface area contributed by atoms with Crippen molar-refractivity contribution < 1.29 is 23.1 Å². The minimum atomic E-state index is -3.77. The van der Waals surface area contributed by atoms with E-state index < -0.39 is 16.0 Å². The van der Waals surface area contributed by atoms with Gasteiger partial charge in [-0.1, -0.05) is 26.0 Å². The van der Waals surface area contributed by atoms with Crippen molar-refractivity contribution in [3.05, 3.63) is 44.8 Å². The van der Waals surface area contributed by atoms with E-state index in [0.717, 1.165) is 27.1 Å². The Morgan fingerprint density at radius 3 is 2.39 bits per heavy atom. The predicted octanol–water partition coefficient (Wildman–Crippen LogP) is 3.45. The zero-order valence-electron chi connectivity index (χ0n) is 18.7. The van der Waals surface area contributed by atoms with E-state index in [1.165, 1.54) is 22.8 Å². The first kappa shape index (κ1) is 23.7. The molecule has 0 saturated carbocycles. The molecule has 31 heavy (non-hydrogen) atoms. The van der Waals surface area contributed by atoms with Crippen molar-refractivity contribution in [2.24, 2.45) is 0 Å². The zero-order valence-corrected chi connectivity index (χ0v) is 20.3. The Hall–Kier alpha value is -1.94. The van der Waals surface area contributed by atoms with Gasteiger partial charge >= 0.3 is 5.97 Å². The van der Waals surface area contributed by atoms with Crippen LogP contribution in [0.25, 0.3) is 0 Å². The molecule has 0 unspecified atom stereocenters. The van der Waals surface area contributed by atoms with Gasteiger partial charge in [-0.2, -0.15) is 4.31 Å². The van der Waals surface area contributed by atoms with Crippen molar-refractivity contribution in [3.63, 3.8) is 0 Å². The predicted molar refractivity (Wildman–Crippen MR) is 121 cm³/mol. The Bertz CT molecular complexity index is 1060. The Morgan fingerprint density at radius 1 is 1.23 bits per heavy atom. The number of carbonyl (C=O) groups excluding carboxylic acids is 1. The number of hydrogen-bond donors (Lipinski definition) is 1. The number of carbonyl (C=O) groups is 1. The number of methoxy groups -OCH3 is 1. The molecule has 1 aromatic carbocycles. The first-order valence-corrected chi connectivity index (χ1v) is 12.6. The topological polar surface area (TPSA) is 87.2 Å². The molecule has 0 radical (unpaired) electrons. The lowest BCUT2D eigenvalue weighted by Crippen LogP contribution is -2.31. The van der Waals surface area contributed by atoms with Crippen LogP contribution >= 0.6 is 11.3 Å². The summed E-state index contributed by atoms with van der Waals surface area (Å²) in [6.07, 6.45) is 0.583. The molecule has 2 heterocycles. The lowest BCUT2D eigenvalue weighted by molar-refractivity contribution is 0.0595. The van der Waals surface area contributed by atoms with E-state index in [4.69, 9.17) is 4.74 Å². The Balaban J connectivity index is 1.96. The van der Waals surface area contributed by atoms with Crippen LogP contribution in [0.2, 0.25) is 0 Å². The number of hydrogen-bond acceptors (Lipinski definition) is 7. The van der Waals surface area contributed by atoms with Crippen LogP contribution in [0.3, 0.4) is 0 Å². The molecule has 0 saturated heterocycles. The van der Waals surface area contributed by atoms with Crippen LogP contribution in [-0.2, 0) is 34.3 Å². The van der Waals surface area contributed by atoms with Gasteiger partial charge in [0.1, 0.15) is 9.96 Å². The summed E-state index contributed by atoms with van der Waals surface area (Å²) in [4.78, 5) is 15.7. The first-order chi connectivity index (χ1) is 14.6. The molecule has 0 fully saturated rings. The molecular weight excluding hydrogens is 436 g/mol. The highest BCUT2D eigenvalue weighted by Crippen LogP contribution is 2.38. The molecule has 1 N–H and O–H groups in total. The van der Waals surface area contributed by atoms with Gasteiger partial charge in [0.05, 0.1) is 12.7 Å². The molecule has 0 amide bonds. The average Bonchev–Trinajstić information content (AvgIpc) is 3.11. The van der Waals surface area contributed by atoms with Crippen LogP contribution in [0.5, 0.6) is 5.75 Å². The van der Waals surface area contributed by atoms with E-state index in [-0.39, 0.29) is 9.77 Å². The number of aryl methyl sites for hydroxylation is 2. The van der Waals surface area contributed by atoms with Gasteiger partial charge in [0.2, 0.25) is 0 Å². The van der Waals surface area contributed by atoms with Gasteiger partial charge in [0.25, 0.3) is 10.0 Å². The number of phenolic OH excluding ortho intramolecular Hbond substituents is 1. The van der Waals surface area contributed by atoms with Crippen molar-refractivity contribution in [1.82, 2.24) is 9.21 Å². The van der Waals surface area contributed by atoms with Gasteiger partial charge in [-0.25, -0.2) is 13.2 Å². The number of nitrogens with zero attached hydrogens (tertiary/aromatic N) is 2. The fourth-order valence-electron chi connectivity index (χ4n) is 4.13. The number of esters is 1. The van der Waals surface area contributed by atoms with Crippen LogP contribution in [0.1, 0.15) is 51.3 Å². The van der Waals surface area contributed by atoms with Crippen molar-refractivity contribution in [2.75, 3.05) is 26.7 Å². The van der Waals surface area contributed by atoms with E-state index >= 15 is 0 Å². The molecule has 2 aromatic rings. The van der Waals surface area contributed by atoms with Gasteiger partial charge in [0, 0.05) is 37.6 Å². The zero-order chi connectivity index (χ0) is 22.9. The van der Waals surface area contributed by atoms with E-state index in [9.17, 15) is 18.3 Å². The van der Waals surface area contributed by atoms with Gasteiger partial charge in [-0.3, -0.25) is 4.90 Å². The molecule has 170 valence electrons. The first-order valence-electron chi connectivity index (χ1n) is 10.4. The molecule has 0 spiro atoms. The summed E-state index contributed by atoms with van der Waals surface area (Å²) in [7, 11) is -2.49. The molecule has 3 rings (SSSR count). The molecular formula is C22H30N2O5S2. The number of rotatable bonds is 7. The number of aromatic hydroxyl groups is 1. The summed E-state index contributed by atoms with van der Waals surface area (Å²) >= 11 is 1.18. The van der Waals surface area contributed by atoms with Gasteiger partial charge in [-0.15, -0.1) is 11.3 Å². The molecule has 1 aromatic heterocycles. The number of benzene rings is 1. The molecule has 1 aliphatic heterocycles. The van der Waals surface area contributed by atoms with E-state index in [1.54, 1.807) is 13.8 Å². The fourth-order valence-corrected chi connectivity index (χ4v) is 7.66. The maximum atomic E-state index is 13.2.